The van der Waals surface area contributed by atoms with Crippen LogP contribution in [0.3, 0.4) is 0 Å². The van der Waals surface area contributed by atoms with Crippen LogP contribution in [0.2, 0.25) is 0 Å². The maximum Gasteiger partial charge on any atom is 0.325 e. The van der Waals surface area contributed by atoms with Crippen molar-refractivity contribution >= 4 is 11.9 Å². The lowest BCUT2D eigenvalue weighted by Gasteiger charge is -2.04. The molecule has 0 aliphatic carbocycles. The summed E-state index contributed by atoms with van der Waals surface area (Å²) in [7, 11) is 0. The quantitative estimate of drug-likeness (QED) is 0.696. The van der Waals surface area contributed by atoms with E-state index < -0.39 is 18.0 Å². The van der Waals surface area contributed by atoms with E-state index in [4.69, 9.17) is 10.5 Å². The van der Waals surface area contributed by atoms with Gasteiger partial charge in [0.1, 0.15) is 12.1 Å². The van der Waals surface area contributed by atoms with Gasteiger partial charge in [0, 0.05) is 12.4 Å². The Bertz CT molecular complexity index is 598. The number of nitrogens with zero attached hydrogens (tertiary/aromatic N) is 4. The first kappa shape index (κ1) is 11.6. The summed E-state index contributed by atoms with van der Waals surface area (Å²) in [4.78, 5) is 28.1. The Hall–Kier alpha value is -2.93. The molecule has 0 bridgehead atoms. The minimum absolute atomic E-state index is 0.123. The van der Waals surface area contributed by atoms with Gasteiger partial charge in [-0.3, -0.25) is 15.1 Å². The van der Waals surface area contributed by atoms with Crippen LogP contribution in [-0.2, 0) is 0 Å². The molecule has 2 rings (SSSR count). The first-order valence-electron chi connectivity index (χ1n) is 5.02. The average Bonchev–Trinajstić information content (AvgIpc) is 3.18. The van der Waals surface area contributed by atoms with Crippen LogP contribution in [-0.4, -0.2) is 34.4 Å². The van der Waals surface area contributed by atoms with Crippen molar-refractivity contribution in [3.63, 3.8) is 0 Å². The molecule has 7 nitrogen and oxygen atoms in total. The number of nitriles is 2. The maximum absolute atomic E-state index is 11.7. The van der Waals surface area contributed by atoms with Gasteiger partial charge in [-0.25, -0.2) is 4.79 Å². The second kappa shape index (κ2) is 4.52. The highest BCUT2D eigenvalue weighted by molar-refractivity contribution is 6.04. The Morgan fingerprint density at radius 1 is 1.44 bits per heavy atom. The molecule has 18 heavy (non-hydrogen) atoms. The molecular weight excluding hydrogens is 234 g/mol. The summed E-state index contributed by atoms with van der Waals surface area (Å²) >= 11 is 0. The van der Waals surface area contributed by atoms with Gasteiger partial charge in [-0.15, -0.1) is 0 Å². The molecule has 1 aromatic heterocycles. The van der Waals surface area contributed by atoms with Crippen LogP contribution in [0.25, 0.3) is 0 Å². The van der Waals surface area contributed by atoms with Crippen molar-refractivity contribution in [3.8, 4) is 12.1 Å². The number of rotatable bonds is 1. The normalized spacial score (nSPS) is 16.3. The molecule has 2 heterocycles. The van der Waals surface area contributed by atoms with Crippen molar-refractivity contribution in [1.29, 1.82) is 10.5 Å². The molecule has 1 saturated heterocycles. The van der Waals surface area contributed by atoms with Crippen LogP contribution >= 0.6 is 0 Å². The van der Waals surface area contributed by atoms with Crippen molar-refractivity contribution in [2.75, 3.05) is 6.54 Å². The van der Waals surface area contributed by atoms with Gasteiger partial charge in [0.25, 0.3) is 5.91 Å². The van der Waals surface area contributed by atoms with E-state index in [2.05, 4.69) is 10.3 Å². The number of amides is 3. The van der Waals surface area contributed by atoms with Gasteiger partial charge in [-0.1, -0.05) is 0 Å². The highest BCUT2D eigenvalue weighted by Gasteiger charge is 2.39. The van der Waals surface area contributed by atoms with Crippen molar-refractivity contribution in [3.05, 3.63) is 29.6 Å². The minimum atomic E-state index is -0.645. The Balaban J connectivity index is 2.02. The summed E-state index contributed by atoms with van der Waals surface area (Å²) in [5.74, 6) is -0.645. The average molecular weight is 241 g/mol. The molecule has 1 atom stereocenters. The van der Waals surface area contributed by atoms with Crippen molar-refractivity contribution in [2.45, 2.75) is 6.04 Å². The number of imide groups is 1. The molecule has 1 aromatic rings. The van der Waals surface area contributed by atoms with Crippen LogP contribution in [0.5, 0.6) is 0 Å². The summed E-state index contributed by atoms with van der Waals surface area (Å²) in [6.07, 6.45) is 2.57. The van der Waals surface area contributed by atoms with E-state index in [1.807, 2.05) is 12.1 Å². The van der Waals surface area contributed by atoms with Gasteiger partial charge >= 0.3 is 6.03 Å². The smallest absolute Gasteiger partial charge is 0.303 e. The fourth-order valence-corrected chi connectivity index (χ4v) is 1.34. The number of hydrogen-bond donors (Lipinski definition) is 1. The molecule has 0 saturated carbocycles. The standard InChI is InChI=1S/C11H7N5O2/c12-2-7-1-8(5-14-4-7)10(17)15-11(18)16-6-9(16)3-13/h1,4-5,9H,6H2,(H,15,17,18). The van der Waals surface area contributed by atoms with Gasteiger partial charge in [0.05, 0.1) is 23.7 Å². The summed E-state index contributed by atoms with van der Waals surface area (Å²) in [5.41, 5.74) is 0.356. The first-order valence-corrected chi connectivity index (χ1v) is 5.02. The van der Waals surface area contributed by atoms with E-state index in [-0.39, 0.29) is 11.1 Å². The number of nitrogens with one attached hydrogen (secondary N) is 1. The van der Waals surface area contributed by atoms with E-state index >= 15 is 0 Å². The SMILES string of the molecule is N#Cc1cncc(C(=O)NC(=O)N2CC2C#N)c1. The van der Waals surface area contributed by atoms with Crippen molar-refractivity contribution in [2.24, 2.45) is 0 Å². The fraction of sp³-hybridized carbons (Fsp3) is 0.182. The van der Waals surface area contributed by atoms with Gasteiger partial charge in [-0.05, 0) is 6.07 Å². The number of urea groups is 1. The second-order valence-corrected chi connectivity index (χ2v) is 3.63. The van der Waals surface area contributed by atoms with Crippen LogP contribution in [0, 0.1) is 22.7 Å². The zero-order valence-electron chi connectivity index (χ0n) is 9.12. The molecule has 0 aromatic carbocycles. The third kappa shape index (κ3) is 2.25. The highest BCUT2D eigenvalue weighted by Crippen LogP contribution is 2.15. The Morgan fingerprint density at radius 3 is 2.83 bits per heavy atom. The molecule has 88 valence electrons. The van der Waals surface area contributed by atoms with Crippen LogP contribution < -0.4 is 5.32 Å². The first-order chi connectivity index (χ1) is 8.65. The Morgan fingerprint density at radius 2 is 2.22 bits per heavy atom. The number of carbonyl (C=O) groups excluding carboxylic acids is 2. The van der Waals surface area contributed by atoms with E-state index in [0.717, 1.165) is 0 Å². The molecule has 7 heteroatoms. The van der Waals surface area contributed by atoms with E-state index in [1.165, 1.54) is 23.4 Å². The monoisotopic (exact) mass is 241 g/mol. The number of aromatic nitrogens is 1. The third-order valence-electron chi connectivity index (χ3n) is 2.37. The molecule has 1 unspecified atom stereocenters. The highest BCUT2D eigenvalue weighted by atomic mass is 16.2. The summed E-state index contributed by atoms with van der Waals surface area (Å²) in [5, 5.41) is 19.3. The minimum Gasteiger partial charge on any atom is -0.303 e. The maximum atomic E-state index is 11.7. The van der Waals surface area contributed by atoms with E-state index in [0.29, 0.717) is 6.54 Å². The molecule has 1 N–H and O–H groups in total. The van der Waals surface area contributed by atoms with Crippen molar-refractivity contribution in [1.82, 2.24) is 15.2 Å². The third-order valence-corrected chi connectivity index (χ3v) is 2.37. The Labute approximate surface area is 102 Å². The predicted molar refractivity (Wildman–Crippen MR) is 57.9 cm³/mol. The lowest BCUT2D eigenvalue weighted by molar-refractivity contribution is 0.0960. The summed E-state index contributed by atoms with van der Waals surface area (Å²) < 4.78 is 0. The van der Waals surface area contributed by atoms with Gasteiger partial charge in [-0.2, -0.15) is 10.5 Å². The lowest BCUT2D eigenvalue weighted by Crippen LogP contribution is -2.35. The Kier molecular flexibility index (Phi) is 2.90. The number of pyridine rings is 1. The molecule has 1 fully saturated rings. The molecule has 1 aliphatic rings. The molecular formula is C11H7N5O2. The predicted octanol–water partition coefficient (Wildman–Crippen LogP) is 0.0109. The zero-order valence-corrected chi connectivity index (χ0v) is 9.12. The van der Waals surface area contributed by atoms with Crippen LogP contribution in [0.4, 0.5) is 4.79 Å². The van der Waals surface area contributed by atoms with E-state index in [9.17, 15) is 9.59 Å². The molecule has 3 amide bonds. The molecule has 1 aliphatic heterocycles. The lowest BCUT2D eigenvalue weighted by atomic mass is 10.2. The molecule has 0 radical (unpaired) electrons. The van der Waals surface area contributed by atoms with Gasteiger partial charge in [0.2, 0.25) is 0 Å². The number of hydrogen-bond acceptors (Lipinski definition) is 5. The van der Waals surface area contributed by atoms with Gasteiger partial charge in [0.15, 0.2) is 0 Å². The zero-order chi connectivity index (χ0) is 13.1. The van der Waals surface area contributed by atoms with Crippen molar-refractivity contribution < 1.29 is 9.59 Å². The van der Waals surface area contributed by atoms with Crippen LogP contribution in [0.15, 0.2) is 18.5 Å². The topological polar surface area (TPSA) is 110 Å². The fourth-order valence-electron chi connectivity index (χ4n) is 1.34. The van der Waals surface area contributed by atoms with Crippen LogP contribution in [0.1, 0.15) is 15.9 Å². The van der Waals surface area contributed by atoms with E-state index in [1.54, 1.807) is 0 Å². The largest absolute Gasteiger partial charge is 0.325 e. The molecule has 0 spiro atoms. The summed E-state index contributed by atoms with van der Waals surface area (Å²) in [6.45, 7) is 0.325. The van der Waals surface area contributed by atoms with Gasteiger partial charge < -0.3 is 4.90 Å². The summed E-state index contributed by atoms with van der Waals surface area (Å²) in [6, 6.07) is 4.00. The second-order valence-electron chi connectivity index (χ2n) is 3.63. The number of carbonyl (C=O) groups is 2.